The third-order valence-electron chi connectivity index (χ3n) is 4.87. The first-order chi connectivity index (χ1) is 10.9. The van der Waals surface area contributed by atoms with Gasteiger partial charge < -0.3 is 0 Å². The average molecular weight is 327 g/mol. The molecule has 1 heterocycles. The van der Waals surface area contributed by atoms with Crippen molar-refractivity contribution in [3.05, 3.63) is 29.8 Å². The van der Waals surface area contributed by atoms with E-state index in [1.165, 1.54) is 10.5 Å². The van der Waals surface area contributed by atoms with Crippen LogP contribution in [0.5, 0.6) is 0 Å². The van der Waals surface area contributed by atoms with Gasteiger partial charge in [0.1, 0.15) is 7.85 Å². The van der Waals surface area contributed by atoms with Gasteiger partial charge in [-0.05, 0) is 35.4 Å². The molecule has 0 spiro atoms. The van der Waals surface area contributed by atoms with Crippen molar-refractivity contribution in [3.63, 3.8) is 0 Å². The Kier molecular flexibility index (Phi) is 4.99. The number of rotatable bonds is 5. The lowest BCUT2D eigenvalue weighted by Gasteiger charge is -2.33. The Bertz CT molecular complexity index is 626. The SMILES string of the molecule is BC(C)(C)CC(C)(C)c1ccc(N2C(=O)CC(C(C)C)C2=O)cc1. The summed E-state index contributed by atoms with van der Waals surface area (Å²) in [5.41, 5.74) is 1.99. The van der Waals surface area contributed by atoms with Crippen molar-refractivity contribution in [2.45, 2.75) is 65.1 Å². The summed E-state index contributed by atoms with van der Waals surface area (Å²) in [5.74, 6) is -0.136. The minimum atomic E-state index is -0.186. The van der Waals surface area contributed by atoms with E-state index in [0.717, 1.165) is 6.42 Å². The zero-order valence-electron chi connectivity index (χ0n) is 16.1. The van der Waals surface area contributed by atoms with Crippen molar-refractivity contribution >= 4 is 25.3 Å². The zero-order valence-corrected chi connectivity index (χ0v) is 16.1. The molecule has 0 aromatic heterocycles. The number of nitrogens with zero attached hydrogens (tertiary/aromatic N) is 1. The van der Waals surface area contributed by atoms with Gasteiger partial charge in [-0.25, -0.2) is 0 Å². The number of benzene rings is 1. The van der Waals surface area contributed by atoms with Gasteiger partial charge in [0, 0.05) is 6.42 Å². The van der Waals surface area contributed by atoms with E-state index in [-0.39, 0.29) is 34.4 Å². The summed E-state index contributed by atoms with van der Waals surface area (Å²) in [6.45, 7) is 13.0. The predicted molar refractivity (Wildman–Crippen MR) is 102 cm³/mol. The average Bonchev–Trinajstić information content (AvgIpc) is 2.72. The molecule has 130 valence electrons. The quantitative estimate of drug-likeness (QED) is 0.610. The smallest absolute Gasteiger partial charge is 0.237 e. The van der Waals surface area contributed by atoms with Crippen LogP contribution in [0.4, 0.5) is 5.69 Å². The lowest BCUT2D eigenvalue weighted by Crippen LogP contribution is -2.31. The Hall–Kier alpha value is -1.58. The molecular formula is C20H30BNO2. The molecule has 3 nitrogen and oxygen atoms in total. The molecule has 1 aliphatic heterocycles. The fraction of sp³-hybridized carbons (Fsp3) is 0.600. The van der Waals surface area contributed by atoms with E-state index >= 15 is 0 Å². The van der Waals surface area contributed by atoms with E-state index in [9.17, 15) is 9.59 Å². The molecule has 1 aromatic carbocycles. The fourth-order valence-corrected chi connectivity index (χ4v) is 3.94. The molecule has 1 saturated heterocycles. The Morgan fingerprint density at radius 3 is 2.08 bits per heavy atom. The first-order valence-electron chi connectivity index (χ1n) is 8.90. The van der Waals surface area contributed by atoms with Crippen molar-refractivity contribution < 1.29 is 9.59 Å². The van der Waals surface area contributed by atoms with E-state index in [1.807, 2.05) is 26.0 Å². The van der Waals surface area contributed by atoms with Gasteiger partial charge in [-0.1, -0.05) is 59.0 Å². The van der Waals surface area contributed by atoms with E-state index in [1.54, 1.807) is 0 Å². The van der Waals surface area contributed by atoms with Gasteiger partial charge in [0.05, 0.1) is 11.6 Å². The first kappa shape index (κ1) is 18.8. The van der Waals surface area contributed by atoms with E-state index in [0.29, 0.717) is 12.1 Å². The molecule has 0 radical (unpaired) electrons. The molecule has 0 saturated carbocycles. The van der Waals surface area contributed by atoms with Crippen LogP contribution in [0.25, 0.3) is 0 Å². The molecular weight excluding hydrogens is 297 g/mol. The molecule has 4 heteroatoms. The standard InChI is InChI=1S/C20H30BNO2/c1-13(2)16-11-17(23)22(18(16)24)15-9-7-14(8-10-15)19(3,4)12-20(5,6)21/h7-10,13,16H,11-12,21H2,1-6H3. The van der Waals surface area contributed by atoms with Crippen LogP contribution in [-0.2, 0) is 15.0 Å². The van der Waals surface area contributed by atoms with Crippen molar-refractivity contribution in [2.75, 3.05) is 4.90 Å². The normalized spacial score (nSPS) is 19.5. The third kappa shape index (κ3) is 3.91. The highest BCUT2D eigenvalue weighted by Crippen LogP contribution is 2.39. The number of carbonyl (C=O) groups excluding carboxylic acids is 2. The number of carbonyl (C=O) groups is 2. The number of amides is 2. The van der Waals surface area contributed by atoms with Gasteiger partial charge in [-0.2, -0.15) is 0 Å². The van der Waals surface area contributed by atoms with Crippen molar-refractivity contribution in [1.29, 1.82) is 0 Å². The summed E-state index contributed by atoms with van der Waals surface area (Å²) in [7, 11) is 2.25. The van der Waals surface area contributed by atoms with Crippen LogP contribution in [-0.4, -0.2) is 19.7 Å². The highest BCUT2D eigenvalue weighted by Gasteiger charge is 2.41. The van der Waals surface area contributed by atoms with Crippen molar-refractivity contribution in [2.24, 2.45) is 11.8 Å². The maximum atomic E-state index is 12.5. The largest absolute Gasteiger partial charge is 0.274 e. The summed E-state index contributed by atoms with van der Waals surface area (Å²) < 4.78 is 0. The lowest BCUT2D eigenvalue weighted by atomic mass is 9.62. The van der Waals surface area contributed by atoms with Gasteiger partial charge in [0.2, 0.25) is 11.8 Å². The molecule has 1 unspecified atom stereocenters. The van der Waals surface area contributed by atoms with Crippen LogP contribution in [0.3, 0.4) is 0 Å². The van der Waals surface area contributed by atoms with Crippen molar-refractivity contribution in [1.82, 2.24) is 0 Å². The summed E-state index contributed by atoms with van der Waals surface area (Å²) in [6, 6.07) is 7.95. The third-order valence-corrected chi connectivity index (χ3v) is 4.87. The maximum Gasteiger partial charge on any atom is 0.237 e. The number of hydrogen-bond donors (Lipinski definition) is 0. The Morgan fingerprint density at radius 2 is 1.67 bits per heavy atom. The molecule has 1 atom stereocenters. The summed E-state index contributed by atoms with van der Waals surface area (Å²) in [5, 5.41) is 0.244. The second kappa shape index (κ2) is 6.38. The second-order valence-electron chi connectivity index (χ2n) is 9.29. The highest BCUT2D eigenvalue weighted by molar-refractivity contribution is 6.21. The number of hydrogen-bond acceptors (Lipinski definition) is 2. The van der Waals surface area contributed by atoms with Gasteiger partial charge in [-0.3, -0.25) is 14.5 Å². The Labute approximate surface area is 147 Å². The fourth-order valence-electron chi connectivity index (χ4n) is 3.94. The summed E-state index contributed by atoms with van der Waals surface area (Å²) in [6.07, 6.45) is 1.39. The summed E-state index contributed by atoms with van der Waals surface area (Å²) >= 11 is 0. The Morgan fingerprint density at radius 1 is 1.12 bits per heavy atom. The maximum absolute atomic E-state index is 12.5. The molecule has 24 heavy (non-hydrogen) atoms. The minimum absolute atomic E-state index is 0.0519. The van der Waals surface area contributed by atoms with Gasteiger partial charge in [-0.15, -0.1) is 0 Å². The predicted octanol–water partition coefficient (Wildman–Crippen LogP) is 3.72. The highest BCUT2D eigenvalue weighted by atomic mass is 16.2. The first-order valence-corrected chi connectivity index (χ1v) is 8.90. The van der Waals surface area contributed by atoms with Crippen LogP contribution in [0.1, 0.15) is 59.9 Å². The van der Waals surface area contributed by atoms with Crippen molar-refractivity contribution in [3.8, 4) is 0 Å². The topological polar surface area (TPSA) is 37.4 Å². The second-order valence-corrected chi connectivity index (χ2v) is 9.29. The van der Waals surface area contributed by atoms with E-state index < -0.39 is 0 Å². The number of anilines is 1. The minimum Gasteiger partial charge on any atom is -0.274 e. The molecule has 0 bridgehead atoms. The van der Waals surface area contributed by atoms with Crippen LogP contribution in [0.15, 0.2) is 24.3 Å². The van der Waals surface area contributed by atoms with Crippen LogP contribution < -0.4 is 4.90 Å². The van der Waals surface area contributed by atoms with Crippen LogP contribution in [0, 0.1) is 11.8 Å². The van der Waals surface area contributed by atoms with E-state index in [4.69, 9.17) is 0 Å². The van der Waals surface area contributed by atoms with E-state index in [2.05, 4.69) is 47.7 Å². The molecule has 2 rings (SSSR count). The lowest BCUT2D eigenvalue weighted by molar-refractivity contribution is -0.122. The molecule has 1 aromatic rings. The Balaban J connectivity index is 2.24. The molecule has 0 aliphatic carbocycles. The molecule has 0 N–H and O–H groups in total. The molecule has 1 fully saturated rings. The van der Waals surface area contributed by atoms with Gasteiger partial charge >= 0.3 is 0 Å². The summed E-state index contributed by atoms with van der Waals surface area (Å²) in [4.78, 5) is 26.2. The molecule has 2 amide bonds. The van der Waals surface area contributed by atoms with Crippen LogP contribution >= 0.6 is 0 Å². The number of imide groups is 1. The van der Waals surface area contributed by atoms with Gasteiger partial charge in [0.25, 0.3) is 0 Å². The van der Waals surface area contributed by atoms with Gasteiger partial charge in [0.15, 0.2) is 0 Å². The van der Waals surface area contributed by atoms with Crippen LogP contribution in [0.2, 0.25) is 5.31 Å². The molecule has 1 aliphatic rings. The zero-order chi connectivity index (χ0) is 18.3. The monoisotopic (exact) mass is 327 g/mol.